The summed E-state index contributed by atoms with van der Waals surface area (Å²) >= 11 is 0. The van der Waals surface area contributed by atoms with Gasteiger partial charge < -0.3 is 14.8 Å². The van der Waals surface area contributed by atoms with Gasteiger partial charge in [-0.3, -0.25) is 5.10 Å². The summed E-state index contributed by atoms with van der Waals surface area (Å²) in [5, 5.41) is 10.2. The highest BCUT2D eigenvalue weighted by Gasteiger charge is 2.29. The number of cyclic esters (lactones) is 1. The molecule has 0 spiro atoms. The fourth-order valence-corrected chi connectivity index (χ4v) is 2.22. The zero-order valence-electron chi connectivity index (χ0n) is 11.3. The summed E-state index contributed by atoms with van der Waals surface area (Å²) in [5.74, 6) is 0.915. The van der Waals surface area contributed by atoms with Gasteiger partial charge in [0.1, 0.15) is 17.4 Å². The van der Waals surface area contributed by atoms with Crippen LogP contribution in [0.4, 0.5) is 11.5 Å². The highest BCUT2D eigenvalue weighted by Crippen LogP contribution is 2.27. The van der Waals surface area contributed by atoms with Gasteiger partial charge in [0, 0.05) is 12.1 Å². The molecular formula is C14H15N3O3. The predicted molar refractivity (Wildman–Crippen MR) is 73.4 cm³/mol. The second-order valence-corrected chi connectivity index (χ2v) is 4.70. The molecule has 3 rings (SSSR count). The third-order valence-corrected chi connectivity index (χ3v) is 3.20. The molecular weight excluding hydrogens is 258 g/mol. The second-order valence-electron chi connectivity index (χ2n) is 4.70. The largest absolute Gasteiger partial charge is 0.497 e. The molecule has 0 amide bonds. The first-order chi connectivity index (χ1) is 9.67. The van der Waals surface area contributed by atoms with Crippen molar-refractivity contribution in [1.29, 1.82) is 0 Å². The number of fused-ring (bicyclic) bond motifs is 1. The Bertz CT molecular complexity index is 634. The van der Waals surface area contributed by atoms with Crippen LogP contribution < -0.4 is 10.1 Å². The minimum atomic E-state index is -0.344. The third-order valence-electron chi connectivity index (χ3n) is 3.20. The fourth-order valence-electron chi connectivity index (χ4n) is 2.22. The van der Waals surface area contributed by atoms with E-state index >= 15 is 0 Å². The number of anilines is 2. The lowest BCUT2D eigenvalue weighted by atomic mass is 10.1. The van der Waals surface area contributed by atoms with Gasteiger partial charge in [-0.2, -0.15) is 5.10 Å². The molecule has 2 aromatic rings. The van der Waals surface area contributed by atoms with E-state index in [1.807, 2.05) is 31.2 Å². The molecule has 0 saturated carbocycles. The Hall–Kier alpha value is -2.50. The van der Waals surface area contributed by atoms with Crippen LogP contribution in [0, 0.1) is 0 Å². The number of hydrogen-bond acceptors (Lipinski definition) is 5. The third kappa shape index (κ3) is 2.20. The zero-order valence-corrected chi connectivity index (χ0v) is 11.3. The van der Waals surface area contributed by atoms with Gasteiger partial charge in [-0.05, 0) is 31.2 Å². The van der Waals surface area contributed by atoms with Crippen LogP contribution in [0.15, 0.2) is 24.3 Å². The molecule has 20 heavy (non-hydrogen) atoms. The van der Waals surface area contributed by atoms with Crippen LogP contribution in [0.5, 0.6) is 5.75 Å². The average Bonchev–Trinajstić information content (AvgIpc) is 2.82. The smallest absolute Gasteiger partial charge is 0.344 e. The number of benzene rings is 1. The van der Waals surface area contributed by atoms with Crippen molar-refractivity contribution in [2.75, 3.05) is 12.4 Å². The number of rotatable bonds is 3. The number of carbonyl (C=O) groups is 1. The van der Waals surface area contributed by atoms with Crippen molar-refractivity contribution in [3.05, 3.63) is 35.5 Å². The molecule has 2 N–H and O–H groups in total. The number of H-pyrrole nitrogens is 1. The van der Waals surface area contributed by atoms with Gasteiger partial charge >= 0.3 is 5.97 Å². The van der Waals surface area contributed by atoms with E-state index in [2.05, 4.69) is 15.5 Å². The maximum atomic E-state index is 11.9. The van der Waals surface area contributed by atoms with Crippen molar-refractivity contribution in [3.8, 4) is 5.75 Å². The average molecular weight is 273 g/mol. The molecule has 1 atom stereocenters. The van der Waals surface area contributed by atoms with Gasteiger partial charge in [0.15, 0.2) is 5.82 Å². The van der Waals surface area contributed by atoms with Crippen molar-refractivity contribution >= 4 is 17.5 Å². The number of carbonyl (C=O) groups excluding carboxylic acids is 1. The number of nitrogens with one attached hydrogen (secondary N) is 2. The number of methoxy groups -OCH3 is 1. The Labute approximate surface area is 116 Å². The molecule has 6 nitrogen and oxygen atoms in total. The predicted octanol–water partition coefficient (Wildman–Crippen LogP) is 2.26. The van der Waals surface area contributed by atoms with Crippen LogP contribution in [0.2, 0.25) is 0 Å². The van der Waals surface area contributed by atoms with Crippen LogP contribution >= 0.6 is 0 Å². The van der Waals surface area contributed by atoms with E-state index in [-0.39, 0.29) is 12.1 Å². The van der Waals surface area contributed by atoms with E-state index < -0.39 is 0 Å². The first-order valence-corrected chi connectivity index (χ1v) is 6.36. The zero-order chi connectivity index (χ0) is 14.1. The molecule has 0 saturated heterocycles. The standard InChI is InChI=1S/C14H15N3O3/c1-8-7-11-12(14(18)20-8)13(17-16-11)15-9-3-5-10(19-2)6-4-9/h3-6,8H,7H2,1-2H3,(H2,15,16,17). The molecule has 1 unspecified atom stereocenters. The summed E-state index contributed by atoms with van der Waals surface area (Å²) in [6, 6.07) is 7.39. The molecule has 1 aliphatic heterocycles. The van der Waals surface area contributed by atoms with E-state index in [4.69, 9.17) is 9.47 Å². The number of aromatic nitrogens is 2. The molecule has 1 aromatic heterocycles. The highest BCUT2D eigenvalue weighted by molar-refractivity contribution is 5.97. The molecule has 0 bridgehead atoms. The SMILES string of the molecule is COc1ccc(Nc2n[nH]c3c2C(=O)OC(C)C3)cc1. The number of esters is 1. The van der Waals surface area contributed by atoms with E-state index in [9.17, 15) is 4.79 Å². The molecule has 0 radical (unpaired) electrons. The highest BCUT2D eigenvalue weighted by atomic mass is 16.5. The van der Waals surface area contributed by atoms with Crippen LogP contribution in [0.25, 0.3) is 0 Å². The van der Waals surface area contributed by atoms with E-state index in [0.29, 0.717) is 17.8 Å². The van der Waals surface area contributed by atoms with Gasteiger partial charge in [-0.15, -0.1) is 0 Å². The van der Waals surface area contributed by atoms with Gasteiger partial charge in [0.05, 0.1) is 12.8 Å². The minimum Gasteiger partial charge on any atom is -0.497 e. The van der Waals surface area contributed by atoms with E-state index in [1.165, 1.54) is 0 Å². The summed E-state index contributed by atoms with van der Waals surface area (Å²) in [7, 11) is 1.61. The number of ether oxygens (including phenoxy) is 2. The Morgan fingerprint density at radius 3 is 2.85 bits per heavy atom. The first kappa shape index (κ1) is 12.5. The van der Waals surface area contributed by atoms with Gasteiger partial charge in [-0.1, -0.05) is 0 Å². The van der Waals surface area contributed by atoms with Crippen LogP contribution in [0.1, 0.15) is 23.0 Å². The summed E-state index contributed by atoms with van der Waals surface area (Å²) in [5.41, 5.74) is 2.12. The quantitative estimate of drug-likeness (QED) is 0.839. The lowest BCUT2D eigenvalue weighted by Crippen LogP contribution is -2.25. The molecule has 104 valence electrons. The maximum Gasteiger partial charge on any atom is 0.344 e. The van der Waals surface area contributed by atoms with Crippen molar-refractivity contribution < 1.29 is 14.3 Å². The molecule has 2 heterocycles. The van der Waals surface area contributed by atoms with Crippen molar-refractivity contribution in [2.45, 2.75) is 19.4 Å². The lowest BCUT2D eigenvalue weighted by Gasteiger charge is -2.18. The Kier molecular flexibility index (Phi) is 3.06. The van der Waals surface area contributed by atoms with Crippen molar-refractivity contribution in [2.24, 2.45) is 0 Å². The maximum absolute atomic E-state index is 11.9. The second kappa shape index (κ2) is 4.88. The molecule has 6 heteroatoms. The monoisotopic (exact) mass is 273 g/mol. The number of nitrogens with zero attached hydrogens (tertiary/aromatic N) is 1. The first-order valence-electron chi connectivity index (χ1n) is 6.36. The Morgan fingerprint density at radius 2 is 2.15 bits per heavy atom. The topological polar surface area (TPSA) is 76.2 Å². The van der Waals surface area contributed by atoms with Crippen LogP contribution in [-0.2, 0) is 11.2 Å². The summed E-state index contributed by atoms with van der Waals surface area (Å²) in [6.07, 6.45) is 0.530. The normalized spacial score (nSPS) is 17.3. The van der Waals surface area contributed by atoms with Gasteiger partial charge in [0.2, 0.25) is 0 Å². The molecule has 0 fully saturated rings. The van der Waals surface area contributed by atoms with Crippen molar-refractivity contribution in [1.82, 2.24) is 10.2 Å². The summed E-state index contributed by atoms with van der Waals surface area (Å²) in [6.45, 7) is 1.86. The summed E-state index contributed by atoms with van der Waals surface area (Å²) < 4.78 is 10.3. The van der Waals surface area contributed by atoms with E-state index in [0.717, 1.165) is 17.1 Å². The lowest BCUT2D eigenvalue weighted by molar-refractivity contribution is 0.0301. The Morgan fingerprint density at radius 1 is 1.40 bits per heavy atom. The Balaban J connectivity index is 1.86. The van der Waals surface area contributed by atoms with Crippen molar-refractivity contribution in [3.63, 3.8) is 0 Å². The van der Waals surface area contributed by atoms with Crippen LogP contribution in [0.3, 0.4) is 0 Å². The minimum absolute atomic E-state index is 0.121. The van der Waals surface area contributed by atoms with E-state index in [1.54, 1.807) is 7.11 Å². The number of aromatic amines is 1. The molecule has 1 aromatic carbocycles. The molecule has 1 aliphatic rings. The van der Waals surface area contributed by atoms with Crippen LogP contribution in [-0.4, -0.2) is 29.4 Å². The number of hydrogen-bond donors (Lipinski definition) is 2. The fraction of sp³-hybridized carbons (Fsp3) is 0.286. The molecule has 0 aliphatic carbocycles. The van der Waals surface area contributed by atoms with Gasteiger partial charge in [0.25, 0.3) is 0 Å². The summed E-state index contributed by atoms with van der Waals surface area (Å²) in [4.78, 5) is 11.9. The van der Waals surface area contributed by atoms with Gasteiger partial charge in [-0.25, -0.2) is 4.79 Å².